The number of nitrogens with zero attached hydrogens (tertiary/aromatic N) is 1. The van der Waals surface area contributed by atoms with E-state index in [2.05, 4.69) is 10.3 Å². The highest BCUT2D eigenvalue weighted by molar-refractivity contribution is 6.37. The monoisotopic (exact) mass is 250 g/mol. The van der Waals surface area contributed by atoms with E-state index in [0.29, 0.717) is 17.3 Å². The van der Waals surface area contributed by atoms with Gasteiger partial charge in [-0.2, -0.15) is 0 Å². The summed E-state index contributed by atoms with van der Waals surface area (Å²) >= 11 is 6.19. The Balaban J connectivity index is 2.45. The van der Waals surface area contributed by atoms with E-state index in [1.165, 1.54) is 0 Å². The minimum absolute atomic E-state index is 0.646. The van der Waals surface area contributed by atoms with Gasteiger partial charge in [0.2, 0.25) is 0 Å². The summed E-state index contributed by atoms with van der Waals surface area (Å²) in [4.78, 5) is 4.29. The predicted molar refractivity (Wildman–Crippen MR) is 73.3 cm³/mol. The Kier molecular flexibility index (Phi) is 3.66. The third-order valence-electron chi connectivity index (χ3n) is 2.58. The first-order valence-corrected chi connectivity index (χ1v) is 5.88. The SMILES string of the molecule is NCCCNc1nccc2c(N)ccc(Cl)c12. The van der Waals surface area contributed by atoms with E-state index < -0.39 is 0 Å². The van der Waals surface area contributed by atoms with Crippen LogP contribution in [0.25, 0.3) is 10.8 Å². The maximum absolute atomic E-state index is 6.19. The summed E-state index contributed by atoms with van der Waals surface area (Å²) in [5.74, 6) is 0.758. The fourth-order valence-electron chi connectivity index (χ4n) is 1.72. The lowest BCUT2D eigenvalue weighted by molar-refractivity contribution is 0.871. The zero-order chi connectivity index (χ0) is 12.3. The summed E-state index contributed by atoms with van der Waals surface area (Å²) < 4.78 is 0. The molecule has 2 rings (SSSR count). The van der Waals surface area contributed by atoms with Gasteiger partial charge in [-0.1, -0.05) is 11.6 Å². The van der Waals surface area contributed by atoms with Crippen molar-refractivity contribution in [2.24, 2.45) is 5.73 Å². The summed E-state index contributed by atoms with van der Waals surface area (Å²) in [5, 5.41) is 5.66. The molecule has 0 aliphatic heterocycles. The van der Waals surface area contributed by atoms with Crippen molar-refractivity contribution in [3.8, 4) is 0 Å². The van der Waals surface area contributed by atoms with E-state index in [1.54, 1.807) is 18.3 Å². The van der Waals surface area contributed by atoms with Crippen LogP contribution in [0.15, 0.2) is 24.4 Å². The van der Waals surface area contributed by atoms with Crippen LogP contribution in [0.3, 0.4) is 0 Å². The summed E-state index contributed by atoms with van der Waals surface area (Å²) in [6.07, 6.45) is 2.61. The first-order valence-electron chi connectivity index (χ1n) is 5.50. The highest BCUT2D eigenvalue weighted by atomic mass is 35.5. The number of hydrogen-bond acceptors (Lipinski definition) is 4. The minimum atomic E-state index is 0.646. The summed E-state index contributed by atoms with van der Waals surface area (Å²) in [6, 6.07) is 5.45. The molecule has 0 amide bonds. The molecule has 1 aromatic heterocycles. The van der Waals surface area contributed by atoms with E-state index in [0.717, 1.165) is 29.6 Å². The molecule has 0 unspecified atom stereocenters. The maximum atomic E-state index is 6.19. The van der Waals surface area contributed by atoms with Crippen molar-refractivity contribution in [1.29, 1.82) is 0 Å². The maximum Gasteiger partial charge on any atom is 0.135 e. The van der Waals surface area contributed by atoms with Gasteiger partial charge < -0.3 is 16.8 Å². The van der Waals surface area contributed by atoms with Crippen LogP contribution in [0.5, 0.6) is 0 Å². The van der Waals surface area contributed by atoms with Gasteiger partial charge in [-0.3, -0.25) is 0 Å². The summed E-state index contributed by atoms with van der Waals surface area (Å²) in [6.45, 7) is 1.42. The van der Waals surface area contributed by atoms with Gasteiger partial charge in [0.1, 0.15) is 5.82 Å². The number of hydrogen-bond donors (Lipinski definition) is 3. The lowest BCUT2D eigenvalue weighted by Gasteiger charge is -2.10. The second-order valence-corrected chi connectivity index (χ2v) is 4.19. The second kappa shape index (κ2) is 5.21. The van der Waals surface area contributed by atoms with Gasteiger partial charge in [0.15, 0.2) is 0 Å². The van der Waals surface area contributed by atoms with Crippen molar-refractivity contribution in [2.45, 2.75) is 6.42 Å². The Morgan fingerprint density at radius 3 is 2.88 bits per heavy atom. The van der Waals surface area contributed by atoms with Crippen LogP contribution in [0.2, 0.25) is 5.02 Å². The van der Waals surface area contributed by atoms with Crippen LogP contribution in [-0.2, 0) is 0 Å². The largest absolute Gasteiger partial charge is 0.398 e. The molecule has 1 aromatic carbocycles. The highest BCUT2D eigenvalue weighted by Crippen LogP contribution is 2.32. The predicted octanol–water partition coefficient (Wildman–Crippen LogP) is 2.23. The van der Waals surface area contributed by atoms with Crippen LogP contribution in [0, 0.1) is 0 Å². The standard InChI is InChI=1S/C12H15ClN4/c13-9-2-3-10(15)8-4-7-17-12(11(8)9)16-6-1-5-14/h2-4,7H,1,5-6,14-15H2,(H,16,17). The number of anilines is 2. The molecular formula is C12H15ClN4. The molecule has 0 fully saturated rings. The van der Waals surface area contributed by atoms with E-state index in [1.807, 2.05) is 6.07 Å². The number of nitrogen functional groups attached to an aromatic ring is 1. The molecule has 0 atom stereocenters. The Hall–Kier alpha value is -1.52. The van der Waals surface area contributed by atoms with Crippen LogP contribution in [0.1, 0.15) is 6.42 Å². The number of nitrogens with two attached hydrogens (primary N) is 2. The van der Waals surface area contributed by atoms with E-state index in [-0.39, 0.29) is 0 Å². The minimum Gasteiger partial charge on any atom is -0.398 e. The number of halogens is 1. The molecule has 90 valence electrons. The highest BCUT2D eigenvalue weighted by Gasteiger charge is 2.08. The van der Waals surface area contributed by atoms with E-state index in [9.17, 15) is 0 Å². The zero-order valence-corrected chi connectivity index (χ0v) is 10.2. The molecular weight excluding hydrogens is 236 g/mol. The Morgan fingerprint density at radius 2 is 2.12 bits per heavy atom. The number of benzene rings is 1. The quantitative estimate of drug-likeness (QED) is 0.575. The van der Waals surface area contributed by atoms with Gasteiger partial charge in [0, 0.05) is 29.2 Å². The van der Waals surface area contributed by atoms with Gasteiger partial charge in [0.05, 0.1) is 5.02 Å². The molecule has 0 aliphatic carbocycles. The fourth-order valence-corrected chi connectivity index (χ4v) is 1.98. The molecule has 0 spiro atoms. The molecule has 2 aromatic rings. The van der Waals surface area contributed by atoms with Gasteiger partial charge in [-0.05, 0) is 31.2 Å². The van der Waals surface area contributed by atoms with Gasteiger partial charge in [-0.15, -0.1) is 0 Å². The smallest absolute Gasteiger partial charge is 0.135 e. The van der Waals surface area contributed by atoms with E-state index >= 15 is 0 Å². The second-order valence-electron chi connectivity index (χ2n) is 3.79. The van der Waals surface area contributed by atoms with Gasteiger partial charge >= 0.3 is 0 Å². The Morgan fingerprint density at radius 1 is 1.29 bits per heavy atom. The normalized spacial score (nSPS) is 10.7. The zero-order valence-electron chi connectivity index (χ0n) is 9.41. The van der Waals surface area contributed by atoms with Crippen LogP contribution in [-0.4, -0.2) is 18.1 Å². The van der Waals surface area contributed by atoms with Crippen molar-refractivity contribution in [3.05, 3.63) is 29.4 Å². The molecule has 0 radical (unpaired) electrons. The molecule has 17 heavy (non-hydrogen) atoms. The molecule has 0 saturated heterocycles. The van der Waals surface area contributed by atoms with Gasteiger partial charge in [-0.25, -0.2) is 4.98 Å². The molecule has 0 saturated carbocycles. The van der Waals surface area contributed by atoms with Crippen LogP contribution < -0.4 is 16.8 Å². The van der Waals surface area contributed by atoms with Crippen molar-refractivity contribution in [2.75, 3.05) is 24.1 Å². The van der Waals surface area contributed by atoms with Gasteiger partial charge in [0.25, 0.3) is 0 Å². The average molecular weight is 251 g/mol. The van der Waals surface area contributed by atoms with Crippen molar-refractivity contribution in [3.63, 3.8) is 0 Å². The van der Waals surface area contributed by atoms with Crippen molar-refractivity contribution < 1.29 is 0 Å². The number of pyridine rings is 1. The van der Waals surface area contributed by atoms with Crippen LogP contribution >= 0.6 is 11.6 Å². The molecule has 5 N–H and O–H groups in total. The van der Waals surface area contributed by atoms with Crippen molar-refractivity contribution >= 4 is 33.9 Å². The first kappa shape index (κ1) is 12.0. The molecule has 5 heteroatoms. The number of aromatic nitrogens is 1. The van der Waals surface area contributed by atoms with Crippen LogP contribution in [0.4, 0.5) is 11.5 Å². The lowest BCUT2D eigenvalue weighted by atomic mass is 10.1. The lowest BCUT2D eigenvalue weighted by Crippen LogP contribution is -2.09. The van der Waals surface area contributed by atoms with E-state index in [4.69, 9.17) is 23.1 Å². The third kappa shape index (κ3) is 2.43. The first-order chi connectivity index (χ1) is 8.24. The topological polar surface area (TPSA) is 77.0 Å². The third-order valence-corrected chi connectivity index (χ3v) is 2.90. The molecule has 1 heterocycles. The molecule has 0 bridgehead atoms. The number of nitrogens with one attached hydrogen (secondary N) is 1. The Bertz CT molecular complexity index is 527. The molecule has 4 nitrogen and oxygen atoms in total. The summed E-state index contributed by atoms with van der Waals surface area (Å²) in [5.41, 5.74) is 12.1. The average Bonchev–Trinajstić information content (AvgIpc) is 2.34. The molecule has 0 aliphatic rings. The summed E-state index contributed by atoms with van der Waals surface area (Å²) in [7, 11) is 0. The van der Waals surface area contributed by atoms with Crippen molar-refractivity contribution in [1.82, 2.24) is 4.98 Å². The fraction of sp³-hybridized carbons (Fsp3) is 0.250. The Labute approximate surface area is 105 Å². The number of rotatable bonds is 4. The number of fused-ring (bicyclic) bond motifs is 1.